The summed E-state index contributed by atoms with van der Waals surface area (Å²) in [7, 11) is 0. The largest absolute Gasteiger partial charge is 0.508 e. The summed E-state index contributed by atoms with van der Waals surface area (Å²) in [6, 6.07) is 13.7. The number of halogens is 1. The predicted octanol–water partition coefficient (Wildman–Crippen LogP) is 4.79. The van der Waals surface area contributed by atoms with Crippen molar-refractivity contribution < 1.29 is 5.11 Å². The lowest BCUT2D eigenvalue weighted by molar-refractivity contribution is 0.475. The van der Waals surface area contributed by atoms with E-state index < -0.39 is 0 Å². The van der Waals surface area contributed by atoms with Gasteiger partial charge in [0, 0.05) is 6.04 Å². The summed E-state index contributed by atoms with van der Waals surface area (Å²) in [6.45, 7) is 4.21. The van der Waals surface area contributed by atoms with Crippen LogP contribution in [0.15, 0.2) is 42.5 Å². The van der Waals surface area contributed by atoms with Gasteiger partial charge in [-0.25, -0.2) is 0 Å². The molecule has 0 aliphatic rings. The Labute approximate surface area is 125 Å². The molecular weight excluding hydrogens is 270 g/mol. The van der Waals surface area contributed by atoms with Crippen molar-refractivity contribution in [3.8, 4) is 5.75 Å². The van der Waals surface area contributed by atoms with Gasteiger partial charge in [0.25, 0.3) is 0 Å². The Morgan fingerprint density at radius 3 is 2.55 bits per heavy atom. The Morgan fingerprint density at radius 1 is 1.15 bits per heavy atom. The maximum absolute atomic E-state index is 9.26. The molecule has 2 aromatic carbocycles. The van der Waals surface area contributed by atoms with E-state index in [4.69, 9.17) is 11.6 Å². The van der Waals surface area contributed by atoms with Gasteiger partial charge in [0.2, 0.25) is 0 Å². The van der Waals surface area contributed by atoms with Crippen LogP contribution in [0.3, 0.4) is 0 Å². The Morgan fingerprint density at radius 2 is 1.85 bits per heavy atom. The maximum atomic E-state index is 9.26. The smallest absolute Gasteiger partial charge is 0.115 e. The molecular formula is C17H20ClNO. The zero-order valence-electron chi connectivity index (χ0n) is 11.9. The van der Waals surface area contributed by atoms with Crippen LogP contribution in [0.1, 0.15) is 24.5 Å². The minimum absolute atomic E-state index is 0.312. The number of nitrogens with one attached hydrogen (secondary N) is 1. The fourth-order valence-electron chi connectivity index (χ4n) is 2.13. The first-order chi connectivity index (χ1) is 9.54. The van der Waals surface area contributed by atoms with E-state index in [1.165, 1.54) is 11.1 Å². The van der Waals surface area contributed by atoms with Gasteiger partial charge < -0.3 is 10.4 Å². The Balaban J connectivity index is 1.90. The minimum Gasteiger partial charge on any atom is -0.508 e. The van der Waals surface area contributed by atoms with Crippen LogP contribution in [0.2, 0.25) is 5.02 Å². The lowest BCUT2D eigenvalue weighted by Crippen LogP contribution is -2.16. The van der Waals surface area contributed by atoms with E-state index in [-0.39, 0.29) is 0 Å². The highest BCUT2D eigenvalue weighted by atomic mass is 35.5. The summed E-state index contributed by atoms with van der Waals surface area (Å²) in [5.41, 5.74) is 3.42. The van der Waals surface area contributed by atoms with Gasteiger partial charge in [-0.05, 0) is 62.1 Å². The molecule has 0 bridgehead atoms. The second-order valence-electron chi connectivity index (χ2n) is 5.23. The molecule has 3 heteroatoms. The zero-order chi connectivity index (χ0) is 14.5. The molecule has 2 N–H and O–H groups in total. The van der Waals surface area contributed by atoms with Gasteiger partial charge in [-0.15, -0.1) is 0 Å². The van der Waals surface area contributed by atoms with Crippen LogP contribution >= 0.6 is 11.6 Å². The Kier molecular flexibility index (Phi) is 4.91. The van der Waals surface area contributed by atoms with E-state index in [0.29, 0.717) is 11.8 Å². The van der Waals surface area contributed by atoms with E-state index >= 15 is 0 Å². The van der Waals surface area contributed by atoms with E-state index in [0.717, 1.165) is 23.6 Å². The molecule has 0 saturated carbocycles. The topological polar surface area (TPSA) is 32.3 Å². The van der Waals surface area contributed by atoms with Gasteiger partial charge in [0.15, 0.2) is 0 Å². The summed E-state index contributed by atoms with van der Waals surface area (Å²) in [5.74, 6) is 0.312. The molecule has 0 saturated heterocycles. The number of phenolic OH excluding ortho intramolecular Hbond substituents is 1. The first kappa shape index (κ1) is 14.7. The monoisotopic (exact) mass is 289 g/mol. The summed E-state index contributed by atoms with van der Waals surface area (Å²) < 4.78 is 0. The molecule has 0 radical (unpaired) electrons. The van der Waals surface area contributed by atoms with Crippen LogP contribution in [-0.2, 0) is 6.42 Å². The van der Waals surface area contributed by atoms with Crippen LogP contribution in [0, 0.1) is 6.92 Å². The quantitative estimate of drug-likeness (QED) is 0.829. The number of benzene rings is 2. The normalized spacial score (nSPS) is 12.2. The number of phenols is 1. The van der Waals surface area contributed by atoms with E-state index in [2.05, 4.69) is 25.2 Å². The van der Waals surface area contributed by atoms with Crippen molar-refractivity contribution >= 4 is 17.3 Å². The fourth-order valence-corrected chi connectivity index (χ4v) is 2.31. The van der Waals surface area contributed by atoms with Crippen molar-refractivity contribution in [2.24, 2.45) is 0 Å². The van der Waals surface area contributed by atoms with Crippen LogP contribution in [0.25, 0.3) is 0 Å². The van der Waals surface area contributed by atoms with E-state index in [1.807, 2.05) is 24.3 Å². The average molecular weight is 290 g/mol. The van der Waals surface area contributed by atoms with E-state index in [9.17, 15) is 5.11 Å². The zero-order valence-corrected chi connectivity index (χ0v) is 12.6. The van der Waals surface area contributed by atoms with Gasteiger partial charge in [-0.2, -0.15) is 0 Å². The third-order valence-electron chi connectivity index (χ3n) is 3.33. The maximum Gasteiger partial charge on any atom is 0.115 e. The van der Waals surface area contributed by atoms with Crippen molar-refractivity contribution in [2.75, 3.05) is 5.32 Å². The first-order valence-corrected chi connectivity index (χ1v) is 7.23. The predicted molar refractivity (Wildman–Crippen MR) is 85.7 cm³/mol. The first-order valence-electron chi connectivity index (χ1n) is 6.85. The minimum atomic E-state index is 0.312. The van der Waals surface area contributed by atoms with Gasteiger partial charge >= 0.3 is 0 Å². The van der Waals surface area contributed by atoms with Crippen LogP contribution in [0.4, 0.5) is 5.69 Å². The molecule has 2 rings (SSSR count). The third-order valence-corrected chi connectivity index (χ3v) is 3.66. The number of aryl methyl sites for hydroxylation is 2. The molecule has 0 fully saturated rings. The van der Waals surface area contributed by atoms with Gasteiger partial charge in [0.05, 0.1) is 10.7 Å². The molecule has 1 atom stereocenters. The summed E-state index contributed by atoms with van der Waals surface area (Å²) in [6.07, 6.45) is 1.98. The second kappa shape index (κ2) is 6.67. The molecule has 0 spiro atoms. The van der Waals surface area contributed by atoms with Gasteiger partial charge in [0.1, 0.15) is 5.75 Å². The highest BCUT2D eigenvalue weighted by molar-refractivity contribution is 6.33. The highest BCUT2D eigenvalue weighted by Crippen LogP contribution is 2.24. The lowest BCUT2D eigenvalue weighted by Gasteiger charge is -2.17. The number of hydrogen-bond donors (Lipinski definition) is 2. The molecule has 0 amide bonds. The number of anilines is 1. The number of hydrogen-bond acceptors (Lipinski definition) is 2. The van der Waals surface area contributed by atoms with Crippen LogP contribution < -0.4 is 5.32 Å². The molecule has 0 aromatic heterocycles. The van der Waals surface area contributed by atoms with Crippen molar-refractivity contribution in [2.45, 2.75) is 32.7 Å². The highest BCUT2D eigenvalue weighted by Gasteiger charge is 2.06. The van der Waals surface area contributed by atoms with Crippen molar-refractivity contribution in [3.63, 3.8) is 0 Å². The van der Waals surface area contributed by atoms with Gasteiger partial charge in [-0.1, -0.05) is 29.8 Å². The van der Waals surface area contributed by atoms with Crippen molar-refractivity contribution in [3.05, 3.63) is 58.6 Å². The summed E-state index contributed by atoms with van der Waals surface area (Å²) in [5, 5.41) is 13.5. The van der Waals surface area contributed by atoms with Crippen LogP contribution in [-0.4, -0.2) is 11.1 Å². The number of aromatic hydroxyl groups is 1. The van der Waals surface area contributed by atoms with E-state index in [1.54, 1.807) is 12.1 Å². The molecule has 1 unspecified atom stereocenters. The lowest BCUT2D eigenvalue weighted by atomic mass is 10.1. The molecule has 106 valence electrons. The Hall–Kier alpha value is -1.67. The van der Waals surface area contributed by atoms with Crippen molar-refractivity contribution in [1.82, 2.24) is 0 Å². The molecule has 0 aliphatic heterocycles. The summed E-state index contributed by atoms with van der Waals surface area (Å²) in [4.78, 5) is 0. The number of rotatable bonds is 5. The standard InChI is InChI=1S/C17H20ClNO/c1-12-3-10-16(18)17(11-12)19-13(2)4-5-14-6-8-15(20)9-7-14/h3,6-11,13,19-20H,4-5H2,1-2H3. The Bertz CT molecular complexity index is 566. The molecule has 20 heavy (non-hydrogen) atoms. The summed E-state index contributed by atoms with van der Waals surface area (Å²) >= 11 is 6.18. The van der Waals surface area contributed by atoms with Crippen molar-refractivity contribution in [1.29, 1.82) is 0 Å². The molecule has 2 aromatic rings. The van der Waals surface area contributed by atoms with Crippen LogP contribution in [0.5, 0.6) is 5.75 Å². The molecule has 0 aliphatic carbocycles. The SMILES string of the molecule is Cc1ccc(Cl)c(NC(C)CCc2ccc(O)cc2)c1. The third kappa shape index (κ3) is 4.17. The second-order valence-corrected chi connectivity index (χ2v) is 5.64. The average Bonchev–Trinajstić information content (AvgIpc) is 2.42. The fraction of sp³-hybridized carbons (Fsp3) is 0.294. The molecule has 2 nitrogen and oxygen atoms in total. The van der Waals surface area contributed by atoms with Gasteiger partial charge in [-0.3, -0.25) is 0 Å². The molecule has 0 heterocycles.